The van der Waals surface area contributed by atoms with E-state index in [1.807, 2.05) is 0 Å². The Morgan fingerprint density at radius 2 is 2.12 bits per heavy atom. The van der Waals surface area contributed by atoms with Crippen molar-refractivity contribution in [3.63, 3.8) is 0 Å². The molecule has 1 aliphatic rings. The summed E-state index contributed by atoms with van der Waals surface area (Å²) in [4.78, 5) is 13.6. The molecule has 1 aromatic carbocycles. The first-order valence-electron chi connectivity index (χ1n) is 5.48. The number of nitrogens with zero attached hydrogens (tertiary/aromatic N) is 1. The Hall–Kier alpha value is -0.930. The van der Waals surface area contributed by atoms with Crippen LogP contribution in [0.1, 0.15) is 13.3 Å². The van der Waals surface area contributed by atoms with E-state index in [0.717, 1.165) is 19.5 Å². The number of halogens is 2. The molecule has 5 heteroatoms. The predicted octanol–water partition coefficient (Wildman–Crippen LogP) is 2.99. The van der Waals surface area contributed by atoms with Crippen LogP contribution in [0.15, 0.2) is 18.2 Å². The van der Waals surface area contributed by atoms with E-state index < -0.39 is 6.10 Å². The van der Waals surface area contributed by atoms with E-state index in [1.54, 1.807) is 30.0 Å². The maximum atomic E-state index is 11.8. The molecule has 1 aliphatic heterocycles. The molecule has 0 saturated carbocycles. The van der Waals surface area contributed by atoms with Gasteiger partial charge in [-0.1, -0.05) is 23.2 Å². The number of carbonyl (C=O) groups is 1. The van der Waals surface area contributed by atoms with Gasteiger partial charge in [-0.15, -0.1) is 0 Å². The van der Waals surface area contributed by atoms with E-state index in [2.05, 4.69) is 0 Å². The summed E-state index contributed by atoms with van der Waals surface area (Å²) in [5.41, 5.74) is 0. The lowest BCUT2D eigenvalue weighted by Crippen LogP contribution is -2.47. The summed E-state index contributed by atoms with van der Waals surface area (Å²) >= 11 is 11.8. The molecule has 1 fully saturated rings. The summed E-state index contributed by atoms with van der Waals surface area (Å²) in [6.45, 7) is 3.37. The molecule has 92 valence electrons. The lowest BCUT2D eigenvalue weighted by Gasteiger charge is -2.33. The number of rotatable bonds is 3. The molecule has 0 bridgehead atoms. The first-order valence-corrected chi connectivity index (χ1v) is 6.24. The van der Waals surface area contributed by atoms with Crippen LogP contribution in [0.5, 0.6) is 5.75 Å². The average molecular weight is 274 g/mol. The largest absolute Gasteiger partial charge is 0.479 e. The minimum atomic E-state index is -0.519. The van der Waals surface area contributed by atoms with Crippen LogP contribution < -0.4 is 4.74 Å². The molecule has 1 atom stereocenters. The van der Waals surface area contributed by atoms with Crippen molar-refractivity contribution in [3.8, 4) is 5.75 Å². The van der Waals surface area contributed by atoms with Gasteiger partial charge < -0.3 is 9.64 Å². The van der Waals surface area contributed by atoms with Gasteiger partial charge in [0, 0.05) is 18.1 Å². The number of ether oxygens (including phenoxy) is 1. The Morgan fingerprint density at radius 1 is 1.41 bits per heavy atom. The second-order valence-electron chi connectivity index (χ2n) is 4.01. The van der Waals surface area contributed by atoms with E-state index in [9.17, 15) is 4.79 Å². The van der Waals surface area contributed by atoms with Crippen LogP contribution in [-0.4, -0.2) is 30.0 Å². The first kappa shape index (κ1) is 12.5. The zero-order valence-corrected chi connectivity index (χ0v) is 11.0. The van der Waals surface area contributed by atoms with E-state index in [4.69, 9.17) is 27.9 Å². The minimum Gasteiger partial charge on any atom is -0.479 e. The highest BCUT2D eigenvalue weighted by Gasteiger charge is 2.26. The number of amides is 1. The van der Waals surface area contributed by atoms with Gasteiger partial charge in [0.1, 0.15) is 5.75 Å². The Labute approximate surface area is 110 Å². The third-order valence-corrected chi connectivity index (χ3v) is 3.24. The third kappa shape index (κ3) is 2.85. The minimum absolute atomic E-state index is 0.00210. The molecule has 0 N–H and O–H groups in total. The molecule has 1 unspecified atom stereocenters. The highest BCUT2D eigenvalue weighted by molar-refractivity contribution is 6.35. The molecule has 0 radical (unpaired) electrons. The summed E-state index contributed by atoms with van der Waals surface area (Å²) in [5.74, 6) is 0.486. The van der Waals surface area contributed by atoms with Gasteiger partial charge in [0.2, 0.25) is 0 Å². The van der Waals surface area contributed by atoms with Gasteiger partial charge in [0.25, 0.3) is 5.91 Å². The number of hydrogen-bond acceptors (Lipinski definition) is 2. The Balaban J connectivity index is 2.01. The topological polar surface area (TPSA) is 29.5 Å². The molecule has 0 aromatic heterocycles. The second kappa shape index (κ2) is 5.15. The summed E-state index contributed by atoms with van der Waals surface area (Å²) in [7, 11) is 0. The van der Waals surface area contributed by atoms with Crippen LogP contribution >= 0.6 is 23.2 Å². The predicted molar refractivity (Wildman–Crippen MR) is 67.7 cm³/mol. The van der Waals surface area contributed by atoms with Crippen molar-refractivity contribution in [3.05, 3.63) is 28.2 Å². The normalized spacial score (nSPS) is 16.3. The molecule has 1 saturated heterocycles. The maximum absolute atomic E-state index is 11.8. The molecule has 0 spiro atoms. The molecule has 1 heterocycles. The Kier molecular flexibility index (Phi) is 3.79. The van der Waals surface area contributed by atoms with Crippen molar-refractivity contribution < 1.29 is 9.53 Å². The quantitative estimate of drug-likeness (QED) is 0.848. The third-order valence-electron chi connectivity index (χ3n) is 2.71. The number of likely N-dealkylation sites (tertiary alicyclic amines) is 1. The second-order valence-corrected chi connectivity index (χ2v) is 4.86. The fraction of sp³-hybridized carbons (Fsp3) is 0.417. The van der Waals surface area contributed by atoms with Crippen LogP contribution in [0.3, 0.4) is 0 Å². The summed E-state index contributed by atoms with van der Waals surface area (Å²) < 4.78 is 5.54. The molecule has 1 amide bonds. The van der Waals surface area contributed by atoms with Crippen LogP contribution in [0.4, 0.5) is 0 Å². The van der Waals surface area contributed by atoms with Crippen LogP contribution in [0.2, 0.25) is 10.0 Å². The number of carbonyl (C=O) groups excluding carboxylic acids is 1. The van der Waals surface area contributed by atoms with Crippen molar-refractivity contribution in [1.29, 1.82) is 0 Å². The van der Waals surface area contributed by atoms with Crippen molar-refractivity contribution in [2.75, 3.05) is 13.1 Å². The van der Waals surface area contributed by atoms with Gasteiger partial charge >= 0.3 is 0 Å². The number of benzene rings is 1. The molecule has 1 aromatic rings. The SMILES string of the molecule is CC(Oc1ccc(Cl)cc1Cl)C(=O)N1CCC1. The smallest absolute Gasteiger partial charge is 0.263 e. The Bertz CT molecular complexity index is 433. The van der Waals surface area contributed by atoms with Gasteiger partial charge in [-0.2, -0.15) is 0 Å². The fourth-order valence-corrected chi connectivity index (χ4v) is 2.06. The van der Waals surface area contributed by atoms with Crippen molar-refractivity contribution >= 4 is 29.1 Å². The standard InChI is InChI=1S/C12H13Cl2NO2/c1-8(12(16)15-5-2-6-15)17-11-4-3-9(13)7-10(11)14/h3-4,7-8H,2,5-6H2,1H3. The van der Waals surface area contributed by atoms with Crippen molar-refractivity contribution in [2.24, 2.45) is 0 Å². The van der Waals surface area contributed by atoms with Crippen molar-refractivity contribution in [2.45, 2.75) is 19.4 Å². The maximum Gasteiger partial charge on any atom is 0.263 e. The van der Waals surface area contributed by atoms with Gasteiger partial charge in [-0.25, -0.2) is 0 Å². The summed E-state index contributed by atoms with van der Waals surface area (Å²) in [5, 5.41) is 0.963. The van der Waals surface area contributed by atoms with Crippen LogP contribution in [0, 0.1) is 0 Å². The summed E-state index contributed by atoms with van der Waals surface area (Å²) in [6.07, 6.45) is 0.550. The highest BCUT2D eigenvalue weighted by atomic mass is 35.5. The molecule has 3 nitrogen and oxygen atoms in total. The van der Waals surface area contributed by atoms with Gasteiger partial charge in [0.05, 0.1) is 5.02 Å². The van der Waals surface area contributed by atoms with E-state index >= 15 is 0 Å². The molecule has 17 heavy (non-hydrogen) atoms. The van der Waals surface area contributed by atoms with Crippen molar-refractivity contribution in [1.82, 2.24) is 4.90 Å². The monoisotopic (exact) mass is 273 g/mol. The van der Waals surface area contributed by atoms with Gasteiger partial charge in [0.15, 0.2) is 6.10 Å². The lowest BCUT2D eigenvalue weighted by molar-refractivity contribution is -0.141. The fourth-order valence-electron chi connectivity index (χ4n) is 1.61. The molecular weight excluding hydrogens is 261 g/mol. The van der Waals surface area contributed by atoms with Gasteiger partial charge in [-0.3, -0.25) is 4.79 Å². The van der Waals surface area contributed by atoms with E-state index in [-0.39, 0.29) is 5.91 Å². The van der Waals surface area contributed by atoms with Crippen LogP contribution in [0.25, 0.3) is 0 Å². The molecular formula is C12H13Cl2NO2. The van der Waals surface area contributed by atoms with E-state index in [0.29, 0.717) is 15.8 Å². The van der Waals surface area contributed by atoms with Crippen LogP contribution in [-0.2, 0) is 4.79 Å². The highest BCUT2D eigenvalue weighted by Crippen LogP contribution is 2.28. The zero-order chi connectivity index (χ0) is 12.4. The lowest BCUT2D eigenvalue weighted by atomic mass is 10.2. The number of hydrogen-bond donors (Lipinski definition) is 0. The molecule has 0 aliphatic carbocycles. The first-order chi connectivity index (χ1) is 8.08. The van der Waals surface area contributed by atoms with E-state index in [1.165, 1.54) is 0 Å². The molecule has 2 rings (SSSR count). The summed E-state index contributed by atoms with van der Waals surface area (Å²) in [6, 6.07) is 4.95. The van der Waals surface area contributed by atoms with Gasteiger partial charge in [-0.05, 0) is 31.5 Å². The Morgan fingerprint density at radius 3 is 2.65 bits per heavy atom. The zero-order valence-electron chi connectivity index (χ0n) is 9.45. The average Bonchev–Trinajstić information content (AvgIpc) is 2.19.